The molecular weight excluding hydrogens is 194 g/mol. The van der Waals surface area contributed by atoms with Gasteiger partial charge in [-0.25, -0.2) is 9.97 Å². The van der Waals surface area contributed by atoms with E-state index in [9.17, 15) is 0 Å². The number of thiophene rings is 1. The number of hydrogen-bond acceptors (Lipinski definition) is 4. The minimum Gasteiger partial charge on any atom is -0.369 e. The molecule has 0 amide bonds. The Bertz CT molecular complexity index is 422. The Kier molecular flexibility index (Phi) is 2.63. The van der Waals surface area contributed by atoms with Gasteiger partial charge in [-0.3, -0.25) is 0 Å². The van der Waals surface area contributed by atoms with Crippen molar-refractivity contribution >= 4 is 27.4 Å². The van der Waals surface area contributed by atoms with Crippen LogP contribution in [-0.4, -0.2) is 16.5 Å². The number of nitrogens with one attached hydrogen (secondary N) is 1. The van der Waals surface area contributed by atoms with Gasteiger partial charge < -0.3 is 5.32 Å². The normalized spacial score (nSPS) is 11.1. The van der Waals surface area contributed by atoms with Crippen molar-refractivity contribution in [3.8, 4) is 0 Å². The van der Waals surface area contributed by atoms with Gasteiger partial charge in [-0.1, -0.05) is 13.8 Å². The molecule has 0 saturated carbocycles. The zero-order valence-electron chi connectivity index (χ0n) is 8.32. The first kappa shape index (κ1) is 9.40. The van der Waals surface area contributed by atoms with Gasteiger partial charge in [0.1, 0.15) is 17.0 Å². The average molecular weight is 207 g/mol. The highest BCUT2D eigenvalue weighted by Gasteiger charge is 2.03. The number of anilines is 1. The van der Waals surface area contributed by atoms with Gasteiger partial charge in [0.25, 0.3) is 0 Å². The van der Waals surface area contributed by atoms with Gasteiger partial charge in [-0.2, -0.15) is 0 Å². The van der Waals surface area contributed by atoms with Crippen molar-refractivity contribution in [2.45, 2.75) is 13.8 Å². The molecule has 14 heavy (non-hydrogen) atoms. The maximum Gasteiger partial charge on any atom is 0.138 e. The first-order chi connectivity index (χ1) is 6.77. The van der Waals surface area contributed by atoms with Crippen LogP contribution in [0.25, 0.3) is 10.2 Å². The van der Waals surface area contributed by atoms with Crippen LogP contribution >= 0.6 is 11.3 Å². The zero-order valence-corrected chi connectivity index (χ0v) is 9.14. The lowest BCUT2D eigenvalue weighted by Crippen LogP contribution is -2.09. The summed E-state index contributed by atoms with van der Waals surface area (Å²) in [5, 5.41) is 6.49. The van der Waals surface area contributed by atoms with E-state index in [2.05, 4.69) is 35.2 Å². The quantitative estimate of drug-likeness (QED) is 0.841. The molecule has 74 valence electrons. The first-order valence-electron chi connectivity index (χ1n) is 4.69. The fourth-order valence-corrected chi connectivity index (χ4v) is 1.96. The lowest BCUT2D eigenvalue weighted by atomic mass is 10.2. The number of fused-ring (bicyclic) bond motifs is 1. The third kappa shape index (κ3) is 1.85. The van der Waals surface area contributed by atoms with Gasteiger partial charge in [0.05, 0.1) is 5.39 Å². The van der Waals surface area contributed by atoms with Crippen LogP contribution in [0.2, 0.25) is 0 Å². The van der Waals surface area contributed by atoms with E-state index < -0.39 is 0 Å². The van der Waals surface area contributed by atoms with E-state index in [1.54, 1.807) is 17.7 Å². The topological polar surface area (TPSA) is 37.8 Å². The fourth-order valence-electron chi connectivity index (χ4n) is 1.23. The molecule has 0 aliphatic heterocycles. The summed E-state index contributed by atoms with van der Waals surface area (Å²) in [5.41, 5.74) is 0. The van der Waals surface area contributed by atoms with Gasteiger partial charge in [0, 0.05) is 6.54 Å². The zero-order chi connectivity index (χ0) is 9.97. The number of aromatic nitrogens is 2. The van der Waals surface area contributed by atoms with Crippen molar-refractivity contribution in [1.82, 2.24) is 9.97 Å². The summed E-state index contributed by atoms with van der Waals surface area (Å²) in [4.78, 5) is 9.48. The number of rotatable bonds is 3. The third-order valence-corrected chi connectivity index (χ3v) is 2.76. The molecule has 0 spiro atoms. The molecule has 4 heteroatoms. The highest BCUT2D eigenvalue weighted by molar-refractivity contribution is 7.16. The molecule has 0 bridgehead atoms. The molecule has 2 rings (SSSR count). The van der Waals surface area contributed by atoms with Crippen molar-refractivity contribution in [3.63, 3.8) is 0 Å². The van der Waals surface area contributed by atoms with Crippen molar-refractivity contribution in [2.24, 2.45) is 5.92 Å². The van der Waals surface area contributed by atoms with E-state index in [1.807, 2.05) is 5.38 Å². The summed E-state index contributed by atoms with van der Waals surface area (Å²) in [7, 11) is 0. The molecule has 0 aromatic carbocycles. The van der Waals surface area contributed by atoms with Crippen LogP contribution in [0.4, 0.5) is 5.82 Å². The van der Waals surface area contributed by atoms with Gasteiger partial charge in [0.15, 0.2) is 0 Å². The molecule has 0 aliphatic rings. The van der Waals surface area contributed by atoms with Crippen LogP contribution in [0.15, 0.2) is 17.8 Å². The summed E-state index contributed by atoms with van der Waals surface area (Å²) in [5.74, 6) is 1.57. The van der Waals surface area contributed by atoms with Crippen LogP contribution in [0.5, 0.6) is 0 Å². The summed E-state index contributed by atoms with van der Waals surface area (Å²) in [6, 6.07) is 2.06. The van der Waals surface area contributed by atoms with Crippen LogP contribution in [0.1, 0.15) is 13.8 Å². The number of nitrogens with zero attached hydrogens (tertiary/aromatic N) is 2. The minimum atomic E-state index is 0.624. The summed E-state index contributed by atoms with van der Waals surface area (Å²) in [6.45, 7) is 5.31. The molecule has 2 aromatic rings. The predicted octanol–water partition coefficient (Wildman–Crippen LogP) is 2.76. The predicted molar refractivity (Wildman–Crippen MR) is 60.7 cm³/mol. The summed E-state index contributed by atoms with van der Waals surface area (Å²) < 4.78 is 0. The van der Waals surface area contributed by atoms with E-state index in [-0.39, 0.29) is 0 Å². The molecule has 0 unspecified atom stereocenters. The highest BCUT2D eigenvalue weighted by atomic mass is 32.1. The molecule has 0 saturated heterocycles. The Balaban J connectivity index is 2.27. The molecule has 0 aliphatic carbocycles. The second-order valence-corrected chi connectivity index (χ2v) is 4.53. The van der Waals surface area contributed by atoms with Crippen LogP contribution in [0.3, 0.4) is 0 Å². The maximum absolute atomic E-state index is 4.24. The Morgan fingerprint density at radius 2 is 2.29 bits per heavy atom. The molecule has 2 aromatic heterocycles. The van der Waals surface area contributed by atoms with E-state index in [0.717, 1.165) is 22.6 Å². The van der Waals surface area contributed by atoms with E-state index >= 15 is 0 Å². The maximum atomic E-state index is 4.24. The second-order valence-electron chi connectivity index (χ2n) is 3.64. The molecule has 0 fully saturated rings. The van der Waals surface area contributed by atoms with Crippen LogP contribution < -0.4 is 5.32 Å². The lowest BCUT2D eigenvalue weighted by molar-refractivity contribution is 0.687. The van der Waals surface area contributed by atoms with Gasteiger partial charge in [0.2, 0.25) is 0 Å². The standard InChI is InChI=1S/C10H13N3S/c1-7(2)5-11-9-8-3-4-14-10(8)13-6-12-9/h3-4,6-7H,5H2,1-2H3,(H,11,12,13). The molecule has 3 nitrogen and oxygen atoms in total. The van der Waals surface area contributed by atoms with E-state index in [0.29, 0.717) is 5.92 Å². The Labute approximate surface area is 87.2 Å². The summed E-state index contributed by atoms with van der Waals surface area (Å²) >= 11 is 1.64. The molecule has 1 N–H and O–H groups in total. The Morgan fingerprint density at radius 3 is 3.07 bits per heavy atom. The molecule has 0 radical (unpaired) electrons. The molecular formula is C10H13N3S. The largest absolute Gasteiger partial charge is 0.369 e. The van der Waals surface area contributed by atoms with Gasteiger partial charge in [-0.15, -0.1) is 11.3 Å². The second kappa shape index (κ2) is 3.92. The highest BCUT2D eigenvalue weighted by Crippen LogP contribution is 2.23. The SMILES string of the molecule is CC(C)CNc1ncnc2sccc12. The smallest absolute Gasteiger partial charge is 0.138 e. The average Bonchev–Trinajstić information content (AvgIpc) is 2.62. The van der Waals surface area contributed by atoms with Crippen molar-refractivity contribution in [2.75, 3.05) is 11.9 Å². The molecule has 2 heterocycles. The Hall–Kier alpha value is -1.16. The van der Waals surface area contributed by atoms with Crippen LogP contribution in [0, 0.1) is 5.92 Å². The fraction of sp³-hybridized carbons (Fsp3) is 0.400. The van der Waals surface area contributed by atoms with E-state index in [1.165, 1.54) is 0 Å². The van der Waals surface area contributed by atoms with Crippen molar-refractivity contribution in [1.29, 1.82) is 0 Å². The third-order valence-electron chi connectivity index (χ3n) is 1.94. The minimum absolute atomic E-state index is 0.624. The van der Waals surface area contributed by atoms with Crippen molar-refractivity contribution in [3.05, 3.63) is 17.8 Å². The van der Waals surface area contributed by atoms with Crippen molar-refractivity contribution < 1.29 is 0 Å². The first-order valence-corrected chi connectivity index (χ1v) is 5.57. The molecule has 0 atom stereocenters. The van der Waals surface area contributed by atoms with Gasteiger partial charge in [-0.05, 0) is 17.4 Å². The summed E-state index contributed by atoms with van der Waals surface area (Å²) in [6.07, 6.45) is 1.61. The van der Waals surface area contributed by atoms with Crippen LogP contribution in [-0.2, 0) is 0 Å². The Morgan fingerprint density at radius 1 is 1.43 bits per heavy atom. The monoisotopic (exact) mass is 207 g/mol. The van der Waals surface area contributed by atoms with E-state index in [4.69, 9.17) is 0 Å². The van der Waals surface area contributed by atoms with Gasteiger partial charge >= 0.3 is 0 Å². The number of hydrogen-bond donors (Lipinski definition) is 1. The lowest BCUT2D eigenvalue weighted by Gasteiger charge is -2.08.